The lowest BCUT2D eigenvalue weighted by molar-refractivity contribution is 0.101. The molecule has 1 aromatic heterocycles. The number of anilines is 2. The number of rotatable bonds is 0. The van der Waals surface area contributed by atoms with Crippen LogP contribution in [0, 0.1) is 0 Å². The third kappa shape index (κ3) is 3.30. The van der Waals surface area contributed by atoms with Crippen molar-refractivity contribution in [2.75, 3.05) is 10.6 Å². The Morgan fingerprint density at radius 3 is 1.65 bits per heavy atom. The van der Waals surface area contributed by atoms with E-state index in [1.54, 1.807) is 24.3 Å². The zero-order valence-electron chi connectivity index (χ0n) is 16.2. The molecule has 6 rings (SSSR count). The van der Waals surface area contributed by atoms with E-state index in [0.717, 1.165) is 16.8 Å². The maximum atomic E-state index is 12.4. The van der Waals surface area contributed by atoms with Gasteiger partial charge in [0, 0.05) is 34.0 Å². The predicted molar refractivity (Wildman–Crippen MR) is 118 cm³/mol. The van der Waals surface area contributed by atoms with Crippen molar-refractivity contribution in [1.82, 2.24) is 0 Å². The number of carbonyl (C=O) groups excluding carboxylic acids is 2. The van der Waals surface area contributed by atoms with Gasteiger partial charge in [-0.2, -0.15) is 0 Å². The Kier molecular flexibility index (Phi) is 4.45. The highest BCUT2D eigenvalue weighted by atomic mass is 16.4. The summed E-state index contributed by atoms with van der Waals surface area (Å²) in [5.74, 6) is -0.298. The summed E-state index contributed by atoms with van der Waals surface area (Å²) in [5, 5.41) is 7.03. The molecule has 2 aliphatic heterocycles. The van der Waals surface area contributed by atoms with E-state index in [1.807, 2.05) is 54.6 Å². The van der Waals surface area contributed by atoms with Gasteiger partial charge < -0.3 is 15.1 Å². The van der Waals surface area contributed by atoms with E-state index >= 15 is 0 Å². The van der Waals surface area contributed by atoms with Crippen LogP contribution < -0.4 is 16.3 Å². The Morgan fingerprint density at radius 1 is 0.548 bits per heavy atom. The molecule has 0 fully saturated rings. The molecule has 3 heterocycles. The molecule has 2 N–H and O–H groups in total. The number of para-hydroxylation sites is 3. The number of ketones is 2. The molecule has 0 saturated heterocycles. The van der Waals surface area contributed by atoms with Crippen LogP contribution >= 0.6 is 0 Å². The summed E-state index contributed by atoms with van der Waals surface area (Å²) in [6.45, 7) is 0. The first-order chi connectivity index (χ1) is 15.1. The van der Waals surface area contributed by atoms with Crippen LogP contribution in [0.25, 0.3) is 11.0 Å². The van der Waals surface area contributed by atoms with Crippen molar-refractivity contribution in [3.05, 3.63) is 118 Å². The fourth-order valence-corrected chi connectivity index (χ4v) is 3.60. The second kappa shape index (κ2) is 7.42. The molecule has 0 saturated carbocycles. The Bertz CT molecular complexity index is 1380. The average Bonchev–Trinajstić information content (AvgIpc) is 3.31. The van der Waals surface area contributed by atoms with E-state index in [0.29, 0.717) is 28.1 Å². The Labute approximate surface area is 176 Å². The van der Waals surface area contributed by atoms with Crippen LogP contribution in [-0.2, 0) is 0 Å². The van der Waals surface area contributed by atoms with Crippen LogP contribution in [0.15, 0.2) is 106 Å². The minimum atomic E-state index is -0.302. The summed E-state index contributed by atoms with van der Waals surface area (Å²) in [6, 6.07) is 25.1. The van der Waals surface area contributed by atoms with E-state index in [9.17, 15) is 14.4 Å². The number of benzene rings is 3. The summed E-state index contributed by atoms with van der Waals surface area (Å²) in [5.41, 5.74) is 3.67. The molecule has 31 heavy (non-hydrogen) atoms. The van der Waals surface area contributed by atoms with Crippen molar-refractivity contribution in [2.24, 2.45) is 0 Å². The Morgan fingerprint density at radius 2 is 1.06 bits per heavy atom. The van der Waals surface area contributed by atoms with E-state index in [1.165, 1.54) is 6.07 Å². The molecule has 0 aliphatic carbocycles. The van der Waals surface area contributed by atoms with Gasteiger partial charge >= 0.3 is 5.63 Å². The largest absolute Gasteiger partial charge is 0.423 e. The smallest absolute Gasteiger partial charge is 0.336 e. The van der Waals surface area contributed by atoms with E-state index in [4.69, 9.17) is 4.42 Å². The number of allylic oxidation sites excluding steroid dienone is 2. The standard InChI is InChI=1S/C16H10N2O2.C9H6O2/c19-15-9-5-1-3-7-11(9)17-13(15)14-16(20)10-6-2-4-8-12(10)18-14;10-9-6-5-7-3-1-2-4-8(7)11-9/h1-8,17-18H;1-6H. The van der Waals surface area contributed by atoms with Gasteiger partial charge in [-0.1, -0.05) is 42.5 Å². The molecule has 0 amide bonds. The number of carbonyl (C=O) groups is 2. The van der Waals surface area contributed by atoms with Gasteiger partial charge in [-0.25, -0.2) is 4.79 Å². The average molecular weight is 408 g/mol. The number of hydrogen-bond donors (Lipinski definition) is 2. The molecule has 0 unspecified atom stereocenters. The monoisotopic (exact) mass is 408 g/mol. The Balaban J connectivity index is 0.000000157. The fraction of sp³-hybridized carbons (Fsp3) is 0. The second-order valence-corrected chi connectivity index (χ2v) is 7.04. The molecular formula is C25H16N2O4. The molecule has 0 spiro atoms. The minimum absolute atomic E-state index is 0.149. The lowest BCUT2D eigenvalue weighted by Gasteiger charge is -2.03. The van der Waals surface area contributed by atoms with Gasteiger partial charge in [-0.3, -0.25) is 9.59 Å². The number of fused-ring (bicyclic) bond motifs is 3. The van der Waals surface area contributed by atoms with E-state index < -0.39 is 0 Å². The third-order valence-electron chi connectivity index (χ3n) is 5.10. The fourth-order valence-electron chi connectivity index (χ4n) is 3.60. The highest BCUT2D eigenvalue weighted by molar-refractivity contribution is 6.27. The third-order valence-corrected chi connectivity index (χ3v) is 5.10. The van der Waals surface area contributed by atoms with Crippen molar-refractivity contribution in [2.45, 2.75) is 0 Å². The van der Waals surface area contributed by atoms with E-state index in [2.05, 4.69) is 10.6 Å². The van der Waals surface area contributed by atoms with Gasteiger partial charge in [-0.15, -0.1) is 0 Å². The second-order valence-electron chi connectivity index (χ2n) is 7.04. The van der Waals surface area contributed by atoms with Gasteiger partial charge in [-0.05, 0) is 36.4 Å². The first-order valence-corrected chi connectivity index (χ1v) is 9.66. The highest BCUT2D eigenvalue weighted by Gasteiger charge is 2.34. The topological polar surface area (TPSA) is 88.4 Å². The van der Waals surface area contributed by atoms with Crippen LogP contribution in [0.1, 0.15) is 20.7 Å². The predicted octanol–water partition coefficient (Wildman–Crippen LogP) is 4.61. The van der Waals surface area contributed by atoms with Crippen LogP contribution in [0.4, 0.5) is 11.4 Å². The normalized spacial score (nSPS) is 16.1. The molecule has 0 radical (unpaired) electrons. The maximum absolute atomic E-state index is 12.4. The molecule has 0 bridgehead atoms. The SMILES string of the molecule is O=C1C(=C2Nc3ccccc3C2=O)Nc2ccccc21.O=c1ccc2ccccc2o1. The molecule has 4 aromatic rings. The van der Waals surface area contributed by atoms with Gasteiger partial charge in [0.15, 0.2) is 0 Å². The lowest BCUT2D eigenvalue weighted by Crippen LogP contribution is -2.13. The van der Waals surface area contributed by atoms with Crippen molar-refractivity contribution in [1.29, 1.82) is 0 Å². The van der Waals surface area contributed by atoms with Gasteiger partial charge in [0.1, 0.15) is 17.0 Å². The van der Waals surface area contributed by atoms with E-state index in [-0.39, 0.29) is 17.2 Å². The number of nitrogens with one attached hydrogen (secondary N) is 2. The summed E-state index contributed by atoms with van der Waals surface area (Å²) in [4.78, 5) is 35.5. The Hall–Kier alpha value is -4.45. The van der Waals surface area contributed by atoms with Gasteiger partial charge in [0.25, 0.3) is 0 Å². The quantitative estimate of drug-likeness (QED) is 0.326. The number of hydrogen-bond acceptors (Lipinski definition) is 6. The van der Waals surface area contributed by atoms with Crippen LogP contribution in [0.2, 0.25) is 0 Å². The van der Waals surface area contributed by atoms with Crippen LogP contribution in [0.3, 0.4) is 0 Å². The lowest BCUT2D eigenvalue weighted by atomic mass is 10.1. The van der Waals surface area contributed by atoms with Crippen LogP contribution in [0.5, 0.6) is 0 Å². The van der Waals surface area contributed by atoms with Gasteiger partial charge in [0.2, 0.25) is 11.6 Å². The minimum Gasteiger partial charge on any atom is -0.423 e. The summed E-state index contributed by atoms with van der Waals surface area (Å²) >= 11 is 0. The molecule has 150 valence electrons. The number of Topliss-reactive ketones (excluding diaryl/α,β-unsaturated/α-hetero) is 2. The van der Waals surface area contributed by atoms with Crippen molar-refractivity contribution < 1.29 is 14.0 Å². The van der Waals surface area contributed by atoms with Gasteiger partial charge in [0.05, 0.1) is 0 Å². The summed E-state index contributed by atoms with van der Waals surface area (Å²) in [6.07, 6.45) is 0. The molecule has 6 heteroatoms. The van der Waals surface area contributed by atoms with Crippen molar-refractivity contribution in [3.63, 3.8) is 0 Å². The molecular weight excluding hydrogens is 392 g/mol. The van der Waals surface area contributed by atoms with Crippen LogP contribution in [-0.4, -0.2) is 11.6 Å². The molecule has 2 aliphatic rings. The molecule has 6 nitrogen and oxygen atoms in total. The zero-order valence-corrected chi connectivity index (χ0v) is 16.2. The first kappa shape index (κ1) is 18.6. The molecule has 0 atom stereocenters. The maximum Gasteiger partial charge on any atom is 0.336 e. The summed E-state index contributed by atoms with van der Waals surface area (Å²) in [7, 11) is 0. The molecule has 3 aromatic carbocycles. The van der Waals surface area contributed by atoms with Crippen molar-refractivity contribution >= 4 is 33.9 Å². The highest BCUT2D eigenvalue weighted by Crippen LogP contribution is 2.34. The first-order valence-electron chi connectivity index (χ1n) is 9.66. The summed E-state index contributed by atoms with van der Waals surface area (Å²) < 4.78 is 4.91. The van der Waals surface area contributed by atoms with Crippen molar-refractivity contribution in [3.8, 4) is 0 Å². The zero-order chi connectivity index (χ0) is 21.4.